The van der Waals surface area contributed by atoms with Gasteiger partial charge < -0.3 is 9.64 Å². The molecule has 2 rings (SSSR count). The number of pyridine rings is 1. The number of nitrogens with zero attached hydrogens (tertiary/aromatic N) is 3. The Balaban J connectivity index is 2.21. The lowest BCUT2D eigenvalue weighted by molar-refractivity contribution is -0.0279. The summed E-state index contributed by atoms with van der Waals surface area (Å²) < 4.78 is 5.64. The van der Waals surface area contributed by atoms with Crippen LogP contribution in [-0.4, -0.2) is 30.3 Å². The van der Waals surface area contributed by atoms with Crippen molar-refractivity contribution in [1.82, 2.24) is 4.98 Å². The van der Waals surface area contributed by atoms with Crippen molar-refractivity contribution in [2.24, 2.45) is 0 Å². The van der Waals surface area contributed by atoms with Crippen LogP contribution in [-0.2, 0) is 4.74 Å². The van der Waals surface area contributed by atoms with Crippen LogP contribution in [0, 0.1) is 11.3 Å². The normalized spacial score (nSPS) is 19.2. The fourth-order valence-corrected chi connectivity index (χ4v) is 1.87. The van der Waals surface area contributed by atoms with Crippen molar-refractivity contribution < 1.29 is 4.74 Å². The number of anilines is 1. The molecule has 1 saturated heterocycles. The maximum atomic E-state index is 8.81. The van der Waals surface area contributed by atoms with Crippen molar-refractivity contribution in [2.75, 3.05) is 24.6 Å². The molecule has 0 spiro atoms. The summed E-state index contributed by atoms with van der Waals surface area (Å²) in [5, 5.41) is 8.81. The zero-order valence-electron chi connectivity index (χ0n) is 9.60. The molecule has 1 aromatic heterocycles. The molecule has 16 heavy (non-hydrogen) atoms. The molecule has 0 bridgehead atoms. The molecule has 84 valence electrons. The molecule has 0 saturated carbocycles. The van der Waals surface area contributed by atoms with Crippen LogP contribution in [0.2, 0.25) is 0 Å². The molecule has 0 atom stereocenters. The zero-order chi connectivity index (χ0) is 11.6. The number of ether oxygens (including phenoxy) is 1. The van der Waals surface area contributed by atoms with Gasteiger partial charge in [-0.15, -0.1) is 0 Å². The number of hydrogen-bond donors (Lipinski definition) is 0. The van der Waals surface area contributed by atoms with Crippen LogP contribution in [0.1, 0.15) is 19.5 Å². The third-order valence-electron chi connectivity index (χ3n) is 2.60. The number of aromatic nitrogens is 1. The minimum Gasteiger partial charge on any atom is -0.372 e. The second kappa shape index (κ2) is 4.11. The maximum absolute atomic E-state index is 8.81. The second-order valence-electron chi connectivity index (χ2n) is 4.52. The Bertz CT molecular complexity index is 423. The van der Waals surface area contributed by atoms with E-state index in [1.54, 1.807) is 6.07 Å². The van der Waals surface area contributed by atoms with Crippen molar-refractivity contribution >= 4 is 5.82 Å². The summed E-state index contributed by atoms with van der Waals surface area (Å²) in [7, 11) is 0. The Morgan fingerprint density at radius 1 is 1.50 bits per heavy atom. The van der Waals surface area contributed by atoms with Gasteiger partial charge in [-0.1, -0.05) is 6.07 Å². The molecule has 2 heterocycles. The molecule has 0 aliphatic carbocycles. The molecule has 0 radical (unpaired) electrons. The summed E-state index contributed by atoms with van der Waals surface area (Å²) in [4.78, 5) is 6.45. The first-order valence-corrected chi connectivity index (χ1v) is 5.37. The average molecular weight is 217 g/mol. The van der Waals surface area contributed by atoms with E-state index in [1.165, 1.54) is 0 Å². The predicted octanol–water partition coefficient (Wildman–Crippen LogP) is 1.57. The molecule has 1 aliphatic heterocycles. The van der Waals surface area contributed by atoms with Crippen LogP contribution in [0.15, 0.2) is 18.2 Å². The van der Waals surface area contributed by atoms with Gasteiger partial charge in [-0.3, -0.25) is 0 Å². The molecular weight excluding hydrogens is 202 g/mol. The van der Waals surface area contributed by atoms with Crippen molar-refractivity contribution in [2.45, 2.75) is 19.4 Å². The van der Waals surface area contributed by atoms with Gasteiger partial charge in [0.1, 0.15) is 17.6 Å². The van der Waals surface area contributed by atoms with Gasteiger partial charge in [-0.05, 0) is 26.0 Å². The van der Waals surface area contributed by atoms with Gasteiger partial charge in [0.25, 0.3) is 0 Å². The highest BCUT2D eigenvalue weighted by Gasteiger charge is 2.27. The molecule has 0 aromatic carbocycles. The second-order valence-corrected chi connectivity index (χ2v) is 4.52. The largest absolute Gasteiger partial charge is 0.372 e. The Morgan fingerprint density at radius 3 is 3.00 bits per heavy atom. The van der Waals surface area contributed by atoms with E-state index in [2.05, 4.69) is 29.8 Å². The Hall–Kier alpha value is -1.60. The molecule has 4 nitrogen and oxygen atoms in total. The number of nitriles is 1. The van der Waals surface area contributed by atoms with Crippen molar-refractivity contribution in [3.8, 4) is 6.07 Å². The first kappa shape index (κ1) is 10.9. The molecule has 1 aliphatic rings. The van der Waals surface area contributed by atoms with E-state index < -0.39 is 0 Å². The summed E-state index contributed by atoms with van der Waals surface area (Å²) in [6, 6.07) is 7.57. The van der Waals surface area contributed by atoms with Gasteiger partial charge in [0.2, 0.25) is 0 Å². The summed E-state index contributed by atoms with van der Waals surface area (Å²) >= 11 is 0. The zero-order valence-corrected chi connectivity index (χ0v) is 9.60. The minimum absolute atomic E-state index is 0.150. The smallest absolute Gasteiger partial charge is 0.142 e. The first-order valence-electron chi connectivity index (χ1n) is 5.37. The molecule has 4 heteroatoms. The van der Waals surface area contributed by atoms with Crippen molar-refractivity contribution in [1.29, 1.82) is 5.26 Å². The third-order valence-corrected chi connectivity index (χ3v) is 2.60. The molecule has 1 fully saturated rings. The van der Waals surface area contributed by atoms with Gasteiger partial charge >= 0.3 is 0 Å². The van der Waals surface area contributed by atoms with Gasteiger partial charge in [0, 0.05) is 13.1 Å². The van der Waals surface area contributed by atoms with E-state index in [9.17, 15) is 0 Å². The summed E-state index contributed by atoms with van der Waals surface area (Å²) in [6.45, 7) is 6.45. The number of morpholine rings is 1. The molecular formula is C12H15N3O. The maximum Gasteiger partial charge on any atom is 0.142 e. The Kier molecular flexibility index (Phi) is 2.80. The lowest BCUT2D eigenvalue weighted by Gasteiger charge is -2.38. The monoisotopic (exact) mass is 217 g/mol. The standard InChI is InChI=1S/C12H15N3O/c1-12(2)9-15(6-7-16-12)11-5-3-4-10(8-13)14-11/h3-5H,6-7,9H2,1-2H3. The molecule has 0 amide bonds. The minimum atomic E-state index is -0.150. The lowest BCUT2D eigenvalue weighted by Crippen LogP contribution is -2.48. The van der Waals surface area contributed by atoms with Gasteiger partial charge in [-0.2, -0.15) is 5.26 Å². The van der Waals surface area contributed by atoms with Crippen molar-refractivity contribution in [3.05, 3.63) is 23.9 Å². The highest BCUT2D eigenvalue weighted by molar-refractivity contribution is 5.42. The fourth-order valence-electron chi connectivity index (χ4n) is 1.87. The number of hydrogen-bond acceptors (Lipinski definition) is 4. The third kappa shape index (κ3) is 2.31. The van der Waals surface area contributed by atoms with E-state index in [0.717, 1.165) is 18.9 Å². The van der Waals surface area contributed by atoms with Crippen LogP contribution in [0.3, 0.4) is 0 Å². The first-order chi connectivity index (χ1) is 7.61. The molecule has 0 N–H and O–H groups in total. The van der Waals surface area contributed by atoms with E-state index >= 15 is 0 Å². The van der Waals surface area contributed by atoms with Crippen LogP contribution in [0.5, 0.6) is 0 Å². The lowest BCUT2D eigenvalue weighted by atomic mass is 10.1. The number of rotatable bonds is 1. The van der Waals surface area contributed by atoms with E-state index in [4.69, 9.17) is 10.00 Å². The topological polar surface area (TPSA) is 49.2 Å². The quantitative estimate of drug-likeness (QED) is 0.716. The van der Waals surface area contributed by atoms with E-state index in [-0.39, 0.29) is 5.60 Å². The van der Waals surface area contributed by atoms with Crippen LogP contribution in [0.4, 0.5) is 5.82 Å². The SMILES string of the molecule is CC1(C)CN(c2cccc(C#N)n2)CCO1. The Morgan fingerprint density at radius 2 is 2.31 bits per heavy atom. The van der Waals surface area contributed by atoms with E-state index in [0.29, 0.717) is 12.3 Å². The highest BCUT2D eigenvalue weighted by atomic mass is 16.5. The predicted molar refractivity (Wildman–Crippen MR) is 61.2 cm³/mol. The van der Waals surface area contributed by atoms with Crippen molar-refractivity contribution in [3.63, 3.8) is 0 Å². The highest BCUT2D eigenvalue weighted by Crippen LogP contribution is 2.21. The summed E-state index contributed by atoms with van der Waals surface area (Å²) in [5.74, 6) is 0.857. The molecule has 0 unspecified atom stereocenters. The van der Waals surface area contributed by atoms with E-state index in [1.807, 2.05) is 12.1 Å². The van der Waals surface area contributed by atoms with Crippen LogP contribution >= 0.6 is 0 Å². The average Bonchev–Trinajstić information content (AvgIpc) is 2.28. The fraction of sp³-hybridized carbons (Fsp3) is 0.500. The molecule has 1 aromatic rings. The summed E-state index contributed by atoms with van der Waals surface area (Å²) in [5.41, 5.74) is 0.310. The Labute approximate surface area is 95.5 Å². The van der Waals surface area contributed by atoms with Crippen LogP contribution < -0.4 is 4.90 Å². The van der Waals surface area contributed by atoms with Gasteiger partial charge in [0.15, 0.2) is 0 Å². The summed E-state index contributed by atoms with van der Waals surface area (Å²) in [6.07, 6.45) is 0. The van der Waals surface area contributed by atoms with Gasteiger partial charge in [-0.25, -0.2) is 4.98 Å². The van der Waals surface area contributed by atoms with Crippen LogP contribution in [0.25, 0.3) is 0 Å². The van der Waals surface area contributed by atoms with Gasteiger partial charge in [0.05, 0.1) is 12.2 Å².